The zero-order chi connectivity index (χ0) is 48.8. The number of fused-ring (bicyclic) bond motifs is 1. The maximum atomic E-state index is 11.7. The van der Waals surface area contributed by atoms with E-state index in [0.29, 0.717) is 55.9 Å². The summed E-state index contributed by atoms with van der Waals surface area (Å²) in [5, 5.41) is 11.7. The van der Waals surface area contributed by atoms with Crippen molar-refractivity contribution in [3.63, 3.8) is 0 Å². The van der Waals surface area contributed by atoms with Crippen LogP contribution in [-0.4, -0.2) is 19.6 Å². The van der Waals surface area contributed by atoms with Gasteiger partial charge in [0, 0.05) is 31.1 Å². The topological polar surface area (TPSA) is 50.9 Å². The standard InChI is InChI=1S/C50H45N3O/c1-31-16-19-35(20-17-31)37-22-23-51-44(30-37)39-27-38(28-40(29-39)50(5,6)7)41-14-11-15-46-47(41)52-49(43-26-33(3)24-34(4)48(43)54)53(46)45-21-18-32(2)25-42(45)36-12-9-8-10-13-36/h8-30,54H,1-7H3/i1D3,2D3,16D,17D,19D,20D,22D,23D,30D. The zero-order valence-electron chi connectivity index (χ0n) is 43.5. The Morgan fingerprint density at radius 2 is 1.41 bits per heavy atom. The number of phenols is 1. The second-order valence-electron chi connectivity index (χ2n) is 14.5. The number of phenolic OH excluding ortho intramolecular Hbond substituents is 1. The monoisotopic (exact) mass is 716 g/mol. The molecular weight excluding hydrogens is 659 g/mol. The lowest BCUT2D eigenvalue weighted by Crippen LogP contribution is -2.11. The summed E-state index contributed by atoms with van der Waals surface area (Å²) in [5.41, 5.74) is 5.29. The number of hydrogen-bond donors (Lipinski definition) is 1. The van der Waals surface area contributed by atoms with Crippen LogP contribution in [0.2, 0.25) is 0 Å². The first kappa shape index (κ1) is 22.7. The van der Waals surface area contributed by atoms with E-state index in [1.54, 1.807) is 37.3 Å². The van der Waals surface area contributed by atoms with E-state index in [1.165, 1.54) is 0 Å². The van der Waals surface area contributed by atoms with Gasteiger partial charge in [-0.05, 0) is 120 Å². The summed E-state index contributed by atoms with van der Waals surface area (Å²) in [6, 6.07) is 25.0. The molecule has 6 aromatic carbocycles. The van der Waals surface area contributed by atoms with Crippen molar-refractivity contribution < 1.29 is 22.9 Å². The fourth-order valence-corrected chi connectivity index (χ4v) is 6.84. The smallest absolute Gasteiger partial charge is 0.149 e. The SMILES string of the molecule is [2H]c1nc(-c2cc(-c3cccc4c3nc(-c3cc(C)cc(C)c3O)n4-c3ccc(C([2H])([2H])[2H])cc3-c3ccccc3)cc(C(C)(C)C)c2)c([2H])c(-c2c([2H])c([2H])c(C([2H])([2H])[2H])c([2H])c2[2H])c1[2H]. The molecular formula is C50H45N3O. The average molecular weight is 717 g/mol. The van der Waals surface area contributed by atoms with Crippen LogP contribution in [0.5, 0.6) is 5.75 Å². The van der Waals surface area contributed by atoms with Gasteiger partial charge in [-0.2, -0.15) is 0 Å². The van der Waals surface area contributed by atoms with E-state index in [0.717, 1.165) is 16.7 Å². The second-order valence-corrected chi connectivity index (χ2v) is 14.5. The molecule has 0 saturated carbocycles. The molecule has 0 spiro atoms. The highest BCUT2D eigenvalue weighted by atomic mass is 16.3. The molecule has 0 atom stereocenters. The van der Waals surface area contributed by atoms with Crippen molar-refractivity contribution in [2.75, 3.05) is 0 Å². The van der Waals surface area contributed by atoms with Crippen LogP contribution in [-0.2, 0) is 5.41 Å². The lowest BCUT2D eigenvalue weighted by molar-refractivity contribution is 0.472. The van der Waals surface area contributed by atoms with Crippen molar-refractivity contribution in [3.05, 3.63) is 167 Å². The summed E-state index contributed by atoms with van der Waals surface area (Å²) in [7, 11) is 0. The summed E-state index contributed by atoms with van der Waals surface area (Å²) in [5.74, 6) is 0.400. The molecule has 0 aliphatic rings. The Kier molecular flexibility index (Phi) is 5.73. The Morgan fingerprint density at radius 3 is 2.17 bits per heavy atom. The Balaban J connectivity index is 1.44. The molecule has 0 unspecified atom stereocenters. The predicted molar refractivity (Wildman–Crippen MR) is 225 cm³/mol. The van der Waals surface area contributed by atoms with Crippen LogP contribution >= 0.6 is 0 Å². The van der Waals surface area contributed by atoms with Crippen molar-refractivity contribution in [2.24, 2.45) is 0 Å². The van der Waals surface area contributed by atoms with Crippen molar-refractivity contribution in [1.29, 1.82) is 0 Å². The van der Waals surface area contributed by atoms with Crippen molar-refractivity contribution in [2.45, 2.75) is 53.7 Å². The highest BCUT2D eigenvalue weighted by Gasteiger charge is 2.24. The number of benzene rings is 6. The van der Waals surface area contributed by atoms with Crippen LogP contribution < -0.4 is 0 Å². The van der Waals surface area contributed by atoms with E-state index < -0.39 is 78.2 Å². The van der Waals surface area contributed by atoms with E-state index in [4.69, 9.17) is 21.4 Å². The van der Waals surface area contributed by atoms with E-state index in [9.17, 15) is 6.48 Å². The van der Waals surface area contributed by atoms with Gasteiger partial charge in [0.2, 0.25) is 0 Å². The quantitative estimate of drug-likeness (QED) is 0.186. The number of nitrogens with zero attached hydrogens (tertiary/aromatic N) is 3. The van der Waals surface area contributed by atoms with E-state index >= 15 is 0 Å². The Bertz CT molecular complexity index is 3280. The van der Waals surface area contributed by atoms with Gasteiger partial charge in [-0.1, -0.05) is 117 Å². The minimum Gasteiger partial charge on any atom is -0.507 e. The Labute approximate surface area is 336 Å². The van der Waals surface area contributed by atoms with Gasteiger partial charge < -0.3 is 5.11 Å². The minimum absolute atomic E-state index is 0.0183. The van der Waals surface area contributed by atoms with E-state index in [2.05, 4.69) is 4.98 Å². The van der Waals surface area contributed by atoms with E-state index in [1.807, 2.05) is 99.0 Å². The molecule has 0 bridgehead atoms. The molecule has 8 rings (SSSR count). The first-order valence-corrected chi connectivity index (χ1v) is 17.6. The third kappa shape index (κ3) is 6.49. The summed E-state index contributed by atoms with van der Waals surface area (Å²) in [6.07, 6.45) is -0.599. The average Bonchev–Trinajstić information content (AvgIpc) is 3.65. The Hall–Kier alpha value is -6.26. The number of hydrogen-bond acceptors (Lipinski definition) is 3. The van der Waals surface area contributed by atoms with Gasteiger partial charge in [0.15, 0.2) is 0 Å². The molecule has 266 valence electrons. The Morgan fingerprint density at radius 1 is 0.648 bits per heavy atom. The molecule has 8 aromatic rings. The third-order valence-electron chi connectivity index (χ3n) is 9.54. The number of aryl methyl sites for hydroxylation is 3. The lowest BCUT2D eigenvalue weighted by Gasteiger charge is -2.22. The van der Waals surface area contributed by atoms with Gasteiger partial charge >= 0.3 is 0 Å². The number of para-hydroxylation sites is 1. The lowest BCUT2D eigenvalue weighted by atomic mass is 9.83. The van der Waals surface area contributed by atoms with Crippen LogP contribution in [0, 0.1) is 27.6 Å². The minimum atomic E-state index is -2.98. The largest absolute Gasteiger partial charge is 0.507 e. The number of pyridine rings is 1. The van der Waals surface area contributed by atoms with Gasteiger partial charge in [-0.25, -0.2) is 4.98 Å². The molecule has 0 aliphatic heterocycles. The van der Waals surface area contributed by atoms with Crippen molar-refractivity contribution >= 4 is 11.0 Å². The van der Waals surface area contributed by atoms with Crippen LogP contribution in [0.1, 0.15) is 66.4 Å². The molecule has 0 amide bonds. The first-order chi connectivity index (χ1) is 31.3. The van der Waals surface area contributed by atoms with Gasteiger partial charge in [0.05, 0.1) is 37.6 Å². The third-order valence-corrected chi connectivity index (χ3v) is 9.54. The summed E-state index contributed by atoms with van der Waals surface area (Å²) in [6.45, 7) is 4.34. The highest BCUT2D eigenvalue weighted by Crippen LogP contribution is 2.42. The fourth-order valence-electron chi connectivity index (χ4n) is 6.84. The number of imidazole rings is 1. The zero-order valence-corrected chi connectivity index (χ0v) is 30.5. The van der Waals surface area contributed by atoms with Gasteiger partial charge in [-0.15, -0.1) is 0 Å². The molecule has 0 fully saturated rings. The highest BCUT2D eigenvalue weighted by molar-refractivity contribution is 5.98. The van der Waals surface area contributed by atoms with E-state index in [-0.39, 0.29) is 17.0 Å². The summed E-state index contributed by atoms with van der Waals surface area (Å²) >= 11 is 0. The van der Waals surface area contributed by atoms with Crippen LogP contribution in [0.3, 0.4) is 0 Å². The molecule has 54 heavy (non-hydrogen) atoms. The first-order valence-electron chi connectivity index (χ1n) is 24.1. The second kappa shape index (κ2) is 13.6. The number of rotatable bonds is 6. The van der Waals surface area contributed by atoms with Crippen molar-refractivity contribution in [1.82, 2.24) is 14.5 Å². The normalized spacial score (nSPS) is 15.6. The van der Waals surface area contributed by atoms with Crippen LogP contribution in [0.25, 0.3) is 72.7 Å². The molecule has 4 heteroatoms. The van der Waals surface area contributed by atoms with Crippen molar-refractivity contribution in [3.8, 4) is 67.5 Å². The molecule has 1 N–H and O–H groups in total. The van der Waals surface area contributed by atoms with Gasteiger partial charge in [-0.3, -0.25) is 9.55 Å². The number of aromatic hydroxyl groups is 1. The molecule has 4 nitrogen and oxygen atoms in total. The maximum absolute atomic E-state index is 11.7. The maximum Gasteiger partial charge on any atom is 0.149 e. The predicted octanol–water partition coefficient (Wildman–Crippen LogP) is 13.0. The molecule has 2 aromatic heterocycles. The van der Waals surface area contributed by atoms with Crippen LogP contribution in [0.15, 0.2) is 139 Å². The summed E-state index contributed by atoms with van der Waals surface area (Å²) in [4.78, 5) is 9.70. The van der Waals surface area contributed by atoms with Gasteiger partial charge in [0.1, 0.15) is 11.6 Å². The molecule has 0 aliphatic carbocycles. The number of aromatic nitrogens is 3. The summed E-state index contributed by atoms with van der Waals surface area (Å²) < 4.78 is 112. The fraction of sp³-hybridized carbons (Fsp3) is 0.160. The van der Waals surface area contributed by atoms with Gasteiger partial charge in [0.25, 0.3) is 0 Å². The molecule has 0 saturated heterocycles. The molecule has 2 heterocycles. The van der Waals surface area contributed by atoms with Crippen LogP contribution in [0.4, 0.5) is 0 Å². The molecule has 0 radical (unpaired) electrons.